The smallest absolute Gasteiger partial charge is 0.426 e. The lowest BCUT2D eigenvalue weighted by atomic mass is 10.1. The maximum absolute atomic E-state index is 11.4. The molecule has 1 aromatic rings. The molecule has 4 nitrogen and oxygen atoms in total. The molecule has 0 saturated heterocycles. The summed E-state index contributed by atoms with van der Waals surface area (Å²) in [6, 6.07) is 9.54. The molecular weight excluding hydrogens is 228 g/mol. The van der Waals surface area contributed by atoms with Gasteiger partial charge in [-0.2, -0.15) is 0 Å². The zero-order valence-corrected chi connectivity index (χ0v) is 9.93. The van der Waals surface area contributed by atoms with Crippen LogP contribution in [-0.4, -0.2) is 6.09 Å². The van der Waals surface area contributed by atoms with Crippen LogP contribution in [0, 0.1) is 6.42 Å². The number of ether oxygens (including phenoxy) is 1. The molecule has 0 heterocycles. The van der Waals surface area contributed by atoms with Gasteiger partial charge in [0.1, 0.15) is 6.61 Å². The largest absolute Gasteiger partial charge is 0.443 e. The molecule has 0 saturated carbocycles. The average Bonchev–Trinajstić information content (AvgIpc) is 2.45. The van der Waals surface area contributed by atoms with Crippen LogP contribution in [0.2, 0.25) is 0 Å². The van der Waals surface area contributed by atoms with E-state index in [1.54, 1.807) is 0 Å². The van der Waals surface area contributed by atoms with Crippen LogP contribution in [0.3, 0.4) is 0 Å². The average molecular weight is 243 g/mol. The molecular formula is C14H15N2O2. The molecule has 0 atom stereocenters. The Morgan fingerprint density at radius 2 is 2.11 bits per heavy atom. The summed E-state index contributed by atoms with van der Waals surface area (Å²) in [7, 11) is 0. The van der Waals surface area contributed by atoms with E-state index < -0.39 is 6.09 Å². The molecule has 4 heteroatoms. The second-order valence-electron chi connectivity index (χ2n) is 3.80. The molecule has 2 N–H and O–H groups in total. The van der Waals surface area contributed by atoms with Crippen molar-refractivity contribution in [2.24, 2.45) is 0 Å². The summed E-state index contributed by atoms with van der Waals surface area (Å²) in [6.45, 7) is 0.261. The monoisotopic (exact) mass is 243 g/mol. The maximum Gasteiger partial charge on any atom is 0.426 e. The molecule has 0 fully saturated rings. The molecule has 1 aromatic carbocycles. The molecule has 1 aliphatic rings. The fraction of sp³-hybridized carbons (Fsp3) is 0.143. The maximum atomic E-state index is 11.4. The van der Waals surface area contributed by atoms with Gasteiger partial charge in [0.15, 0.2) is 0 Å². The van der Waals surface area contributed by atoms with Gasteiger partial charge < -0.3 is 4.74 Å². The lowest BCUT2D eigenvalue weighted by Gasteiger charge is -2.12. The van der Waals surface area contributed by atoms with Gasteiger partial charge in [0, 0.05) is 12.1 Å². The van der Waals surface area contributed by atoms with E-state index in [1.165, 1.54) is 0 Å². The summed E-state index contributed by atoms with van der Waals surface area (Å²) < 4.78 is 5.05. The van der Waals surface area contributed by atoms with Crippen LogP contribution >= 0.6 is 0 Å². The highest BCUT2D eigenvalue weighted by molar-refractivity contribution is 5.66. The molecule has 0 aliphatic heterocycles. The fourth-order valence-corrected chi connectivity index (χ4v) is 1.49. The molecule has 0 spiro atoms. The first-order valence-corrected chi connectivity index (χ1v) is 5.77. The van der Waals surface area contributed by atoms with E-state index >= 15 is 0 Å². The van der Waals surface area contributed by atoms with Crippen molar-refractivity contribution >= 4 is 6.09 Å². The number of nitrogens with one attached hydrogen (secondary N) is 2. The number of hydrogen-bond acceptors (Lipinski definition) is 3. The van der Waals surface area contributed by atoms with Gasteiger partial charge in [-0.25, -0.2) is 10.2 Å². The van der Waals surface area contributed by atoms with Crippen molar-refractivity contribution in [2.45, 2.75) is 13.0 Å². The van der Waals surface area contributed by atoms with Gasteiger partial charge in [-0.05, 0) is 18.1 Å². The van der Waals surface area contributed by atoms with Crippen LogP contribution in [0.25, 0.3) is 0 Å². The van der Waals surface area contributed by atoms with Crippen LogP contribution in [0.5, 0.6) is 0 Å². The van der Waals surface area contributed by atoms with Gasteiger partial charge >= 0.3 is 6.09 Å². The Labute approximate surface area is 106 Å². The van der Waals surface area contributed by atoms with Crippen molar-refractivity contribution in [3.8, 4) is 0 Å². The topological polar surface area (TPSA) is 50.4 Å². The van der Waals surface area contributed by atoms with E-state index in [0.717, 1.165) is 17.7 Å². The first-order chi connectivity index (χ1) is 8.84. The summed E-state index contributed by atoms with van der Waals surface area (Å²) in [5.41, 5.74) is 7.08. The molecule has 0 unspecified atom stereocenters. The molecule has 18 heavy (non-hydrogen) atoms. The summed E-state index contributed by atoms with van der Waals surface area (Å²) in [4.78, 5) is 11.4. The molecule has 93 valence electrons. The van der Waals surface area contributed by atoms with Crippen molar-refractivity contribution < 1.29 is 9.53 Å². The Morgan fingerprint density at radius 3 is 2.83 bits per heavy atom. The zero-order chi connectivity index (χ0) is 12.6. The number of hydrogen-bond donors (Lipinski definition) is 2. The molecule has 1 amide bonds. The number of benzene rings is 1. The summed E-state index contributed by atoms with van der Waals surface area (Å²) in [5, 5.41) is 0. The highest BCUT2D eigenvalue weighted by Crippen LogP contribution is 2.06. The summed E-state index contributed by atoms with van der Waals surface area (Å²) in [5.74, 6) is 0. The van der Waals surface area contributed by atoms with Crippen LogP contribution in [0.1, 0.15) is 12.0 Å². The SMILES string of the molecule is O=C(NNC1=CC=CC[CH]1)OCc1ccccc1. The standard InChI is InChI=1S/C14H15N2O2/c17-14(16-15-13-9-5-2-6-10-13)18-11-12-7-3-1-4-8-12/h1-5,7-10,15H,6,11H2,(H,16,17). The lowest BCUT2D eigenvalue weighted by molar-refractivity contribution is 0.136. The van der Waals surface area contributed by atoms with Crippen molar-refractivity contribution in [2.75, 3.05) is 0 Å². The first-order valence-electron chi connectivity index (χ1n) is 5.77. The van der Waals surface area contributed by atoms with Crippen LogP contribution < -0.4 is 10.9 Å². The predicted molar refractivity (Wildman–Crippen MR) is 69.0 cm³/mol. The van der Waals surface area contributed by atoms with Gasteiger partial charge in [-0.1, -0.05) is 42.5 Å². The van der Waals surface area contributed by atoms with Crippen LogP contribution in [0.15, 0.2) is 54.3 Å². The quantitative estimate of drug-likeness (QED) is 0.799. The second kappa shape index (κ2) is 6.49. The number of amides is 1. The normalized spacial score (nSPS) is 13.7. The lowest BCUT2D eigenvalue weighted by Crippen LogP contribution is -2.37. The minimum absolute atomic E-state index is 0.261. The number of carbonyl (C=O) groups is 1. The van der Waals surface area contributed by atoms with Crippen LogP contribution in [0.4, 0.5) is 4.79 Å². The molecule has 1 radical (unpaired) electrons. The van der Waals surface area contributed by atoms with Gasteiger partial charge in [0.25, 0.3) is 0 Å². The number of hydrazine groups is 1. The fourth-order valence-electron chi connectivity index (χ4n) is 1.49. The predicted octanol–water partition coefficient (Wildman–Crippen LogP) is 2.47. The number of allylic oxidation sites excluding steroid dienone is 4. The van der Waals surface area contributed by atoms with Crippen molar-refractivity contribution in [3.63, 3.8) is 0 Å². The van der Waals surface area contributed by atoms with E-state index in [9.17, 15) is 4.79 Å². The summed E-state index contributed by atoms with van der Waals surface area (Å²) >= 11 is 0. The van der Waals surface area contributed by atoms with Crippen molar-refractivity contribution in [1.82, 2.24) is 10.9 Å². The summed E-state index contributed by atoms with van der Waals surface area (Å²) in [6.07, 6.45) is 8.17. The Bertz CT molecular complexity index is 452. The third-order valence-corrected chi connectivity index (χ3v) is 2.41. The third kappa shape index (κ3) is 3.97. The Hall–Kier alpha value is -2.23. The zero-order valence-electron chi connectivity index (χ0n) is 9.93. The minimum atomic E-state index is -0.497. The highest BCUT2D eigenvalue weighted by atomic mass is 16.6. The molecule has 0 bridgehead atoms. The van der Waals surface area contributed by atoms with Gasteiger partial charge in [0.2, 0.25) is 0 Å². The van der Waals surface area contributed by atoms with E-state index in [4.69, 9.17) is 4.74 Å². The van der Waals surface area contributed by atoms with Crippen molar-refractivity contribution in [3.05, 3.63) is 66.2 Å². The van der Waals surface area contributed by atoms with E-state index in [1.807, 2.05) is 55.0 Å². The third-order valence-electron chi connectivity index (χ3n) is 2.41. The molecule has 1 aliphatic carbocycles. The number of carbonyl (C=O) groups excluding carboxylic acids is 1. The first kappa shape index (κ1) is 12.2. The van der Waals surface area contributed by atoms with Gasteiger partial charge in [0.05, 0.1) is 0 Å². The van der Waals surface area contributed by atoms with Crippen LogP contribution in [-0.2, 0) is 11.3 Å². The van der Waals surface area contributed by atoms with Crippen molar-refractivity contribution in [1.29, 1.82) is 0 Å². The highest BCUT2D eigenvalue weighted by Gasteiger charge is 2.04. The minimum Gasteiger partial charge on any atom is -0.443 e. The Kier molecular flexibility index (Phi) is 4.41. The van der Waals surface area contributed by atoms with E-state index in [-0.39, 0.29) is 6.61 Å². The van der Waals surface area contributed by atoms with Gasteiger partial charge in [-0.3, -0.25) is 5.43 Å². The Balaban J connectivity index is 1.69. The molecule has 2 rings (SSSR count). The van der Waals surface area contributed by atoms with E-state index in [2.05, 4.69) is 10.9 Å². The molecule has 0 aromatic heterocycles. The second-order valence-corrected chi connectivity index (χ2v) is 3.80. The van der Waals surface area contributed by atoms with E-state index in [0.29, 0.717) is 0 Å². The number of rotatable bonds is 4. The van der Waals surface area contributed by atoms with Gasteiger partial charge in [-0.15, -0.1) is 0 Å². The Morgan fingerprint density at radius 1 is 1.28 bits per heavy atom.